The van der Waals surface area contributed by atoms with Crippen LogP contribution in [0.3, 0.4) is 0 Å². The molecule has 88 valence electrons. The zero-order valence-electron chi connectivity index (χ0n) is 9.57. The van der Waals surface area contributed by atoms with Crippen molar-refractivity contribution in [2.24, 2.45) is 0 Å². The molecule has 0 bridgehead atoms. The number of hydrogen-bond donors (Lipinski definition) is 2. The first kappa shape index (κ1) is 12.0. The van der Waals surface area contributed by atoms with E-state index in [1.165, 1.54) is 5.56 Å². The Morgan fingerprint density at radius 2 is 1.94 bits per heavy atom. The Kier molecular flexibility index (Phi) is 3.69. The minimum Gasteiger partial charge on any atom is -0.506 e. The number of para-hydroxylation sites is 1. The summed E-state index contributed by atoms with van der Waals surface area (Å²) in [6.07, 6.45) is 0. The molecule has 0 radical (unpaired) electrons. The molecule has 2 aromatic carbocycles. The number of anilines is 1. The summed E-state index contributed by atoms with van der Waals surface area (Å²) in [5, 5.41) is 13.1. The SMILES string of the molecule is Cc1cccc(NCc2cccc(Br)c2O)c1. The molecule has 0 atom stereocenters. The molecule has 0 aliphatic heterocycles. The quantitative estimate of drug-likeness (QED) is 0.893. The standard InChI is InChI=1S/C14H14BrNO/c1-10-4-2-6-12(8-10)16-9-11-5-3-7-13(15)14(11)17/h2-8,16-17H,9H2,1H3. The third-order valence-corrected chi connectivity index (χ3v) is 3.21. The highest BCUT2D eigenvalue weighted by molar-refractivity contribution is 9.10. The van der Waals surface area contributed by atoms with Gasteiger partial charge in [-0.25, -0.2) is 0 Å². The second-order valence-electron chi connectivity index (χ2n) is 3.97. The monoisotopic (exact) mass is 291 g/mol. The summed E-state index contributed by atoms with van der Waals surface area (Å²) in [4.78, 5) is 0. The van der Waals surface area contributed by atoms with E-state index in [0.717, 1.165) is 15.7 Å². The summed E-state index contributed by atoms with van der Waals surface area (Å²) in [5.41, 5.74) is 3.15. The van der Waals surface area contributed by atoms with Crippen LogP contribution in [0.4, 0.5) is 5.69 Å². The first-order chi connectivity index (χ1) is 8.16. The Labute approximate surface area is 109 Å². The zero-order valence-corrected chi connectivity index (χ0v) is 11.2. The number of phenols is 1. The Morgan fingerprint density at radius 1 is 1.18 bits per heavy atom. The average Bonchev–Trinajstić information content (AvgIpc) is 2.31. The van der Waals surface area contributed by atoms with Crippen LogP contribution < -0.4 is 5.32 Å². The summed E-state index contributed by atoms with van der Waals surface area (Å²) in [7, 11) is 0. The minimum atomic E-state index is 0.299. The van der Waals surface area contributed by atoms with Crippen LogP contribution in [0.15, 0.2) is 46.9 Å². The minimum absolute atomic E-state index is 0.299. The fourth-order valence-corrected chi connectivity index (χ4v) is 2.06. The van der Waals surface area contributed by atoms with E-state index in [0.29, 0.717) is 12.3 Å². The fourth-order valence-electron chi connectivity index (χ4n) is 1.65. The highest BCUT2D eigenvalue weighted by Gasteiger charge is 2.04. The lowest BCUT2D eigenvalue weighted by Crippen LogP contribution is -1.99. The number of aromatic hydroxyl groups is 1. The van der Waals surface area contributed by atoms with Crippen LogP contribution in [-0.2, 0) is 6.54 Å². The summed E-state index contributed by atoms with van der Waals surface area (Å²) in [5.74, 6) is 0.299. The van der Waals surface area contributed by atoms with Gasteiger partial charge in [0, 0.05) is 17.8 Å². The van der Waals surface area contributed by atoms with Crippen LogP contribution in [0.5, 0.6) is 5.75 Å². The van der Waals surface area contributed by atoms with Gasteiger partial charge in [0.2, 0.25) is 0 Å². The number of hydrogen-bond acceptors (Lipinski definition) is 2. The maximum atomic E-state index is 9.84. The normalized spacial score (nSPS) is 10.2. The topological polar surface area (TPSA) is 32.3 Å². The molecule has 0 aliphatic rings. The Bertz CT molecular complexity index is 525. The molecule has 0 heterocycles. The lowest BCUT2D eigenvalue weighted by atomic mass is 10.2. The van der Waals surface area contributed by atoms with Gasteiger partial charge in [0.1, 0.15) is 5.75 Å². The number of benzene rings is 2. The second kappa shape index (κ2) is 5.23. The van der Waals surface area contributed by atoms with Gasteiger partial charge in [-0.3, -0.25) is 0 Å². The van der Waals surface area contributed by atoms with Crippen LogP contribution >= 0.6 is 15.9 Å². The molecular formula is C14H14BrNO. The van der Waals surface area contributed by atoms with Crippen LogP contribution in [0, 0.1) is 6.92 Å². The fraction of sp³-hybridized carbons (Fsp3) is 0.143. The van der Waals surface area contributed by atoms with Gasteiger partial charge >= 0.3 is 0 Å². The molecule has 0 spiro atoms. The smallest absolute Gasteiger partial charge is 0.134 e. The molecule has 0 aromatic heterocycles. The summed E-state index contributed by atoms with van der Waals surface area (Å²) in [6.45, 7) is 2.66. The van der Waals surface area contributed by atoms with Gasteiger partial charge < -0.3 is 10.4 Å². The van der Waals surface area contributed by atoms with E-state index in [9.17, 15) is 5.11 Å². The van der Waals surface area contributed by atoms with Gasteiger partial charge in [0.25, 0.3) is 0 Å². The molecule has 0 unspecified atom stereocenters. The van der Waals surface area contributed by atoms with E-state index in [2.05, 4.69) is 40.3 Å². The lowest BCUT2D eigenvalue weighted by molar-refractivity contribution is 0.465. The van der Waals surface area contributed by atoms with Crippen molar-refractivity contribution in [3.8, 4) is 5.75 Å². The Balaban J connectivity index is 2.10. The number of phenolic OH excluding ortho intramolecular Hbond substituents is 1. The van der Waals surface area contributed by atoms with E-state index >= 15 is 0 Å². The molecule has 0 fully saturated rings. The van der Waals surface area contributed by atoms with Crippen LogP contribution in [-0.4, -0.2) is 5.11 Å². The van der Waals surface area contributed by atoms with Gasteiger partial charge in [-0.1, -0.05) is 24.3 Å². The summed E-state index contributed by atoms with van der Waals surface area (Å²) >= 11 is 3.31. The molecule has 2 N–H and O–H groups in total. The van der Waals surface area contributed by atoms with Gasteiger partial charge in [-0.05, 0) is 46.6 Å². The lowest BCUT2D eigenvalue weighted by Gasteiger charge is -2.09. The van der Waals surface area contributed by atoms with E-state index in [1.807, 2.05) is 30.3 Å². The maximum Gasteiger partial charge on any atom is 0.134 e. The molecule has 3 heteroatoms. The van der Waals surface area contributed by atoms with Crippen molar-refractivity contribution in [1.29, 1.82) is 0 Å². The summed E-state index contributed by atoms with van der Waals surface area (Å²) in [6, 6.07) is 13.8. The highest BCUT2D eigenvalue weighted by Crippen LogP contribution is 2.27. The Morgan fingerprint density at radius 3 is 2.71 bits per heavy atom. The van der Waals surface area contributed by atoms with E-state index in [-0.39, 0.29) is 0 Å². The third kappa shape index (κ3) is 3.01. The van der Waals surface area contributed by atoms with Crippen molar-refractivity contribution < 1.29 is 5.11 Å². The van der Waals surface area contributed by atoms with Crippen molar-refractivity contribution in [2.75, 3.05) is 5.32 Å². The number of aryl methyl sites for hydroxylation is 1. The van der Waals surface area contributed by atoms with E-state index in [4.69, 9.17) is 0 Å². The molecule has 2 rings (SSSR count). The van der Waals surface area contributed by atoms with E-state index in [1.54, 1.807) is 0 Å². The van der Waals surface area contributed by atoms with Crippen molar-refractivity contribution in [2.45, 2.75) is 13.5 Å². The van der Waals surface area contributed by atoms with Crippen LogP contribution in [0.1, 0.15) is 11.1 Å². The molecule has 0 amide bonds. The van der Waals surface area contributed by atoms with Gasteiger partial charge in [-0.15, -0.1) is 0 Å². The largest absolute Gasteiger partial charge is 0.506 e. The number of nitrogens with one attached hydrogen (secondary N) is 1. The van der Waals surface area contributed by atoms with Crippen molar-refractivity contribution in [3.63, 3.8) is 0 Å². The van der Waals surface area contributed by atoms with Gasteiger partial charge in [0.05, 0.1) is 4.47 Å². The highest BCUT2D eigenvalue weighted by atomic mass is 79.9. The van der Waals surface area contributed by atoms with E-state index < -0.39 is 0 Å². The van der Waals surface area contributed by atoms with Crippen LogP contribution in [0.25, 0.3) is 0 Å². The molecule has 0 saturated carbocycles. The Hall–Kier alpha value is -1.48. The molecule has 17 heavy (non-hydrogen) atoms. The summed E-state index contributed by atoms with van der Waals surface area (Å²) < 4.78 is 0.723. The van der Waals surface area contributed by atoms with Crippen molar-refractivity contribution >= 4 is 21.6 Å². The molecule has 0 aliphatic carbocycles. The average molecular weight is 292 g/mol. The first-order valence-electron chi connectivity index (χ1n) is 5.44. The zero-order chi connectivity index (χ0) is 12.3. The van der Waals surface area contributed by atoms with Gasteiger partial charge in [0.15, 0.2) is 0 Å². The molecule has 0 saturated heterocycles. The molecule has 2 aromatic rings. The number of halogens is 1. The predicted octanol–water partition coefficient (Wildman–Crippen LogP) is 4.08. The number of rotatable bonds is 3. The predicted molar refractivity (Wildman–Crippen MR) is 74.3 cm³/mol. The van der Waals surface area contributed by atoms with Gasteiger partial charge in [-0.2, -0.15) is 0 Å². The third-order valence-electron chi connectivity index (χ3n) is 2.57. The molecular weight excluding hydrogens is 278 g/mol. The second-order valence-corrected chi connectivity index (χ2v) is 4.82. The van der Waals surface area contributed by atoms with Crippen molar-refractivity contribution in [3.05, 3.63) is 58.1 Å². The van der Waals surface area contributed by atoms with Crippen molar-refractivity contribution in [1.82, 2.24) is 0 Å². The first-order valence-corrected chi connectivity index (χ1v) is 6.23. The maximum absolute atomic E-state index is 9.84. The molecule has 2 nitrogen and oxygen atoms in total. The van der Waals surface area contributed by atoms with Crippen LogP contribution in [0.2, 0.25) is 0 Å².